The van der Waals surface area contributed by atoms with Gasteiger partial charge in [-0.25, -0.2) is 0 Å². The summed E-state index contributed by atoms with van der Waals surface area (Å²) in [5, 5.41) is 3.40. The van der Waals surface area contributed by atoms with E-state index in [0.717, 1.165) is 6.54 Å². The van der Waals surface area contributed by atoms with E-state index in [9.17, 15) is 0 Å². The van der Waals surface area contributed by atoms with Crippen molar-refractivity contribution in [3.8, 4) is 0 Å². The van der Waals surface area contributed by atoms with E-state index < -0.39 is 0 Å². The van der Waals surface area contributed by atoms with Crippen molar-refractivity contribution >= 4 is 5.69 Å². The number of rotatable bonds is 6. The molecule has 0 aliphatic heterocycles. The van der Waals surface area contributed by atoms with Crippen molar-refractivity contribution in [3.05, 3.63) is 30.3 Å². The number of anilines is 1. The third-order valence-corrected chi connectivity index (χ3v) is 2.14. The van der Waals surface area contributed by atoms with Crippen LogP contribution in [0.3, 0.4) is 0 Å². The zero-order chi connectivity index (χ0) is 10.2. The van der Waals surface area contributed by atoms with Crippen LogP contribution in [0.15, 0.2) is 30.3 Å². The normalized spacial score (nSPS) is 10.5. The van der Waals surface area contributed by atoms with Crippen LogP contribution in [0, 0.1) is 0 Å². The SMILES string of the molecule is CN(C)CCCCNc1ccccc1. The van der Waals surface area contributed by atoms with Gasteiger partial charge in [0.15, 0.2) is 0 Å². The van der Waals surface area contributed by atoms with Crippen molar-refractivity contribution in [2.45, 2.75) is 12.8 Å². The first-order valence-electron chi connectivity index (χ1n) is 5.22. The Kier molecular flexibility index (Phi) is 5.08. The van der Waals surface area contributed by atoms with E-state index >= 15 is 0 Å². The lowest BCUT2D eigenvalue weighted by molar-refractivity contribution is 0.396. The predicted octanol–water partition coefficient (Wildman–Crippen LogP) is 2.44. The van der Waals surface area contributed by atoms with Crippen LogP contribution < -0.4 is 5.32 Å². The summed E-state index contributed by atoms with van der Waals surface area (Å²) in [5.74, 6) is 0. The Bertz CT molecular complexity index is 231. The molecule has 0 spiro atoms. The van der Waals surface area contributed by atoms with E-state index in [0.29, 0.717) is 0 Å². The maximum absolute atomic E-state index is 3.40. The fourth-order valence-corrected chi connectivity index (χ4v) is 1.34. The molecule has 2 nitrogen and oxygen atoms in total. The minimum absolute atomic E-state index is 1.07. The van der Waals surface area contributed by atoms with Gasteiger partial charge in [-0.2, -0.15) is 0 Å². The Morgan fingerprint density at radius 3 is 2.43 bits per heavy atom. The van der Waals surface area contributed by atoms with Gasteiger partial charge in [0.2, 0.25) is 0 Å². The molecule has 14 heavy (non-hydrogen) atoms. The summed E-state index contributed by atoms with van der Waals surface area (Å²) in [6.45, 7) is 2.24. The summed E-state index contributed by atoms with van der Waals surface area (Å²) in [7, 11) is 4.23. The molecular formula is C12H20N2. The number of hydrogen-bond donors (Lipinski definition) is 1. The first kappa shape index (κ1) is 11.1. The fraction of sp³-hybridized carbons (Fsp3) is 0.500. The van der Waals surface area contributed by atoms with Crippen LogP contribution >= 0.6 is 0 Å². The monoisotopic (exact) mass is 192 g/mol. The molecule has 0 saturated carbocycles. The van der Waals surface area contributed by atoms with Crippen molar-refractivity contribution in [3.63, 3.8) is 0 Å². The summed E-state index contributed by atoms with van der Waals surface area (Å²) in [6.07, 6.45) is 2.49. The number of para-hydroxylation sites is 1. The van der Waals surface area contributed by atoms with E-state index in [1.54, 1.807) is 0 Å². The smallest absolute Gasteiger partial charge is 0.0340 e. The predicted molar refractivity (Wildman–Crippen MR) is 62.7 cm³/mol. The van der Waals surface area contributed by atoms with Gasteiger partial charge < -0.3 is 10.2 Å². The number of unbranched alkanes of at least 4 members (excludes halogenated alkanes) is 1. The lowest BCUT2D eigenvalue weighted by atomic mass is 10.2. The Morgan fingerprint density at radius 1 is 1.07 bits per heavy atom. The Balaban J connectivity index is 2.05. The molecule has 0 aromatic heterocycles. The van der Waals surface area contributed by atoms with Crippen molar-refractivity contribution in [1.29, 1.82) is 0 Å². The number of nitrogens with zero attached hydrogens (tertiary/aromatic N) is 1. The molecule has 0 unspecified atom stereocenters. The van der Waals surface area contributed by atoms with Crippen molar-refractivity contribution in [2.75, 3.05) is 32.5 Å². The number of benzene rings is 1. The highest BCUT2D eigenvalue weighted by molar-refractivity contribution is 5.42. The second kappa shape index (κ2) is 6.44. The van der Waals surface area contributed by atoms with Gasteiger partial charge >= 0.3 is 0 Å². The zero-order valence-corrected chi connectivity index (χ0v) is 9.16. The van der Waals surface area contributed by atoms with Crippen LogP contribution in [-0.2, 0) is 0 Å². The molecule has 0 saturated heterocycles. The first-order valence-corrected chi connectivity index (χ1v) is 5.22. The quantitative estimate of drug-likeness (QED) is 0.696. The minimum Gasteiger partial charge on any atom is -0.385 e. The van der Waals surface area contributed by atoms with Gasteiger partial charge in [0, 0.05) is 12.2 Å². The lowest BCUT2D eigenvalue weighted by Gasteiger charge is -2.09. The molecule has 0 heterocycles. The second-order valence-electron chi connectivity index (χ2n) is 3.80. The van der Waals surface area contributed by atoms with Crippen molar-refractivity contribution < 1.29 is 0 Å². The third-order valence-electron chi connectivity index (χ3n) is 2.14. The molecule has 0 bridgehead atoms. The van der Waals surface area contributed by atoms with Crippen molar-refractivity contribution in [1.82, 2.24) is 4.90 Å². The summed E-state index contributed by atoms with van der Waals surface area (Å²) in [5.41, 5.74) is 1.22. The summed E-state index contributed by atoms with van der Waals surface area (Å²) >= 11 is 0. The molecule has 1 aromatic carbocycles. The van der Waals surface area contributed by atoms with E-state index in [1.807, 2.05) is 6.07 Å². The van der Waals surface area contributed by atoms with Crippen LogP contribution in [0.1, 0.15) is 12.8 Å². The highest BCUT2D eigenvalue weighted by Gasteiger charge is 1.91. The molecule has 0 aliphatic carbocycles. The molecule has 0 atom stereocenters. The fourth-order valence-electron chi connectivity index (χ4n) is 1.34. The first-order chi connectivity index (χ1) is 6.79. The van der Waals surface area contributed by atoms with Crippen molar-refractivity contribution in [2.24, 2.45) is 0 Å². The molecule has 2 heteroatoms. The Morgan fingerprint density at radius 2 is 1.79 bits per heavy atom. The molecule has 0 radical (unpaired) electrons. The summed E-state index contributed by atoms with van der Waals surface area (Å²) in [4.78, 5) is 2.22. The van der Waals surface area contributed by atoms with Gasteiger partial charge in [-0.1, -0.05) is 18.2 Å². The standard InChI is InChI=1S/C12H20N2/c1-14(2)11-7-6-10-13-12-8-4-3-5-9-12/h3-5,8-9,13H,6-7,10-11H2,1-2H3. The van der Waals surface area contributed by atoms with Gasteiger partial charge in [-0.05, 0) is 45.6 Å². The van der Waals surface area contributed by atoms with Crippen LogP contribution in [0.5, 0.6) is 0 Å². The Hall–Kier alpha value is -1.02. The Labute approximate surface area is 86.9 Å². The van der Waals surface area contributed by atoms with Gasteiger partial charge in [-0.3, -0.25) is 0 Å². The molecule has 0 amide bonds. The minimum atomic E-state index is 1.07. The third kappa shape index (κ3) is 4.87. The summed E-state index contributed by atoms with van der Waals surface area (Å²) < 4.78 is 0. The summed E-state index contributed by atoms with van der Waals surface area (Å²) in [6, 6.07) is 10.4. The van der Waals surface area contributed by atoms with Gasteiger partial charge in [0.25, 0.3) is 0 Å². The van der Waals surface area contributed by atoms with Crippen LogP contribution in [0.2, 0.25) is 0 Å². The molecule has 1 aromatic rings. The van der Waals surface area contributed by atoms with E-state index in [-0.39, 0.29) is 0 Å². The molecule has 0 fully saturated rings. The number of nitrogens with one attached hydrogen (secondary N) is 1. The van der Waals surface area contributed by atoms with E-state index in [2.05, 4.69) is 48.6 Å². The van der Waals surface area contributed by atoms with Gasteiger partial charge in [0.05, 0.1) is 0 Å². The molecular weight excluding hydrogens is 172 g/mol. The molecule has 1 N–H and O–H groups in total. The topological polar surface area (TPSA) is 15.3 Å². The van der Waals surface area contributed by atoms with Crippen LogP contribution in [-0.4, -0.2) is 32.1 Å². The van der Waals surface area contributed by atoms with Crippen LogP contribution in [0.4, 0.5) is 5.69 Å². The lowest BCUT2D eigenvalue weighted by Crippen LogP contribution is -2.14. The van der Waals surface area contributed by atoms with Gasteiger partial charge in [-0.15, -0.1) is 0 Å². The second-order valence-corrected chi connectivity index (χ2v) is 3.80. The van der Waals surface area contributed by atoms with Crippen LogP contribution in [0.25, 0.3) is 0 Å². The molecule has 78 valence electrons. The average molecular weight is 192 g/mol. The highest BCUT2D eigenvalue weighted by Crippen LogP contribution is 2.04. The molecule has 1 rings (SSSR count). The maximum atomic E-state index is 3.40. The van der Waals surface area contributed by atoms with E-state index in [1.165, 1.54) is 25.1 Å². The zero-order valence-electron chi connectivity index (χ0n) is 9.16. The number of hydrogen-bond acceptors (Lipinski definition) is 2. The van der Waals surface area contributed by atoms with E-state index in [4.69, 9.17) is 0 Å². The largest absolute Gasteiger partial charge is 0.385 e. The highest BCUT2D eigenvalue weighted by atomic mass is 15.0. The van der Waals surface area contributed by atoms with Gasteiger partial charge in [0.1, 0.15) is 0 Å². The molecule has 0 aliphatic rings. The average Bonchev–Trinajstić information content (AvgIpc) is 2.18. The maximum Gasteiger partial charge on any atom is 0.0340 e.